The average Bonchev–Trinajstić information content (AvgIpc) is 3.33. The molecular weight excluding hydrogens is 544 g/mol. The summed E-state index contributed by atoms with van der Waals surface area (Å²) in [6.45, 7) is 5.97. The van der Waals surface area contributed by atoms with Crippen molar-refractivity contribution < 1.29 is 32.5 Å². The number of likely N-dealkylation sites (tertiary alicyclic amines) is 1. The third-order valence-electron chi connectivity index (χ3n) is 6.04. The fourth-order valence-electron chi connectivity index (χ4n) is 4.24. The number of anilines is 1. The number of sulfonamides is 1. The lowest BCUT2D eigenvalue weighted by molar-refractivity contribution is -0.241. The predicted octanol–water partition coefficient (Wildman–Crippen LogP) is 1.44. The van der Waals surface area contributed by atoms with Gasteiger partial charge in [0.05, 0.1) is 32.2 Å². The van der Waals surface area contributed by atoms with Crippen molar-refractivity contribution in [1.82, 2.24) is 34.6 Å². The number of rotatable bonds is 10. The Kier molecular flexibility index (Phi) is 8.72. The number of aromatic nitrogens is 6. The molecule has 1 aliphatic rings. The molecule has 0 spiro atoms. The van der Waals surface area contributed by atoms with Crippen LogP contribution in [0.3, 0.4) is 0 Å². The van der Waals surface area contributed by atoms with Crippen molar-refractivity contribution >= 4 is 16.0 Å². The summed E-state index contributed by atoms with van der Waals surface area (Å²) in [7, 11) is 0.244. The van der Waals surface area contributed by atoms with Crippen molar-refractivity contribution in [2.45, 2.75) is 50.9 Å². The summed E-state index contributed by atoms with van der Waals surface area (Å²) in [5.74, 6) is 0.484. The molecule has 16 heteroatoms. The van der Waals surface area contributed by atoms with E-state index in [1.54, 1.807) is 23.1 Å². The highest BCUT2D eigenvalue weighted by Crippen LogP contribution is 2.35. The van der Waals surface area contributed by atoms with E-state index >= 15 is 0 Å². The van der Waals surface area contributed by atoms with Gasteiger partial charge in [0.2, 0.25) is 40.0 Å². The minimum absolute atomic E-state index is 0.0477. The summed E-state index contributed by atoms with van der Waals surface area (Å²) in [6.07, 6.45) is 0.909. The van der Waals surface area contributed by atoms with E-state index in [0.717, 1.165) is 0 Å². The van der Waals surface area contributed by atoms with Crippen LogP contribution < -0.4 is 18.9 Å². The summed E-state index contributed by atoms with van der Waals surface area (Å²) in [5, 5.41) is 18.1. The largest absolute Gasteiger partial charge is 0.481 e. The van der Waals surface area contributed by atoms with E-state index in [-0.39, 0.29) is 35.8 Å². The Morgan fingerprint density at radius 1 is 1.07 bits per heavy atom. The number of pyridine rings is 1. The van der Waals surface area contributed by atoms with E-state index in [0.29, 0.717) is 31.0 Å². The van der Waals surface area contributed by atoms with E-state index in [9.17, 15) is 13.5 Å². The number of methoxy groups -OCH3 is 3. The second-order valence-electron chi connectivity index (χ2n) is 9.95. The first-order valence-corrected chi connectivity index (χ1v) is 14.0. The van der Waals surface area contributed by atoms with Crippen LogP contribution in [-0.4, -0.2) is 99.8 Å². The zero-order valence-corrected chi connectivity index (χ0v) is 24.0. The molecule has 2 atom stereocenters. The molecule has 40 heavy (non-hydrogen) atoms. The highest BCUT2D eigenvalue weighted by atomic mass is 32.2. The highest BCUT2D eigenvalue weighted by molar-refractivity contribution is 7.93. The van der Waals surface area contributed by atoms with Crippen LogP contribution in [0.15, 0.2) is 24.5 Å². The van der Waals surface area contributed by atoms with Gasteiger partial charge in [-0.25, -0.2) is 18.0 Å². The maximum Gasteiger partial charge on any atom is 0.245 e. The van der Waals surface area contributed by atoms with Gasteiger partial charge in [0.1, 0.15) is 12.0 Å². The fraction of sp³-hybridized carbons (Fsp3) is 0.542. The van der Waals surface area contributed by atoms with Crippen LogP contribution in [0.5, 0.6) is 17.6 Å². The third-order valence-corrected chi connectivity index (χ3v) is 7.77. The van der Waals surface area contributed by atoms with E-state index in [2.05, 4.69) is 29.9 Å². The Hall–Kier alpha value is -3.60. The van der Waals surface area contributed by atoms with Crippen LogP contribution in [-0.2, 0) is 14.8 Å². The normalized spacial score (nSPS) is 17.3. The maximum atomic E-state index is 13.7. The highest BCUT2D eigenvalue weighted by Gasteiger charge is 2.36. The third kappa shape index (κ3) is 6.41. The average molecular weight is 579 g/mol. The number of nitrogens with zero attached hydrogens (tertiary/aromatic N) is 7. The lowest BCUT2D eigenvalue weighted by Gasteiger charge is -2.37. The number of nitrogens with one attached hydrogen (secondary N) is 1. The van der Waals surface area contributed by atoms with Crippen molar-refractivity contribution in [3.05, 3.63) is 24.5 Å². The first-order chi connectivity index (χ1) is 19.0. The monoisotopic (exact) mass is 578 g/mol. The predicted molar refractivity (Wildman–Crippen MR) is 144 cm³/mol. The second kappa shape index (κ2) is 11.9. The lowest BCUT2D eigenvalue weighted by atomic mass is 10.1. The van der Waals surface area contributed by atoms with Crippen LogP contribution in [0.1, 0.15) is 33.6 Å². The summed E-state index contributed by atoms with van der Waals surface area (Å²) >= 11 is 0. The van der Waals surface area contributed by atoms with Gasteiger partial charge in [-0.3, -0.25) is 9.62 Å². The van der Waals surface area contributed by atoms with Gasteiger partial charge in [-0.1, -0.05) is 6.07 Å². The van der Waals surface area contributed by atoms with E-state index in [1.807, 2.05) is 20.8 Å². The van der Waals surface area contributed by atoms with Gasteiger partial charge in [-0.05, 0) is 39.7 Å². The topological polar surface area (TPSA) is 176 Å². The summed E-state index contributed by atoms with van der Waals surface area (Å²) in [6, 6.07) is 5.04. The minimum Gasteiger partial charge on any atom is -0.481 e. The Morgan fingerprint density at radius 2 is 1.77 bits per heavy atom. The number of aliphatic hydroxyl groups is 1. The molecule has 0 amide bonds. The molecule has 15 nitrogen and oxygen atoms in total. The molecule has 0 aromatic carbocycles. The summed E-state index contributed by atoms with van der Waals surface area (Å²) in [4.78, 5) is 14.3. The van der Waals surface area contributed by atoms with Gasteiger partial charge in [-0.15, -0.1) is 10.2 Å². The molecule has 2 N–H and O–H groups in total. The molecule has 4 heterocycles. The Bertz CT molecular complexity index is 1400. The number of hydrogen-bond donors (Lipinski definition) is 2. The van der Waals surface area contributed by atoms with Gasteiger partial charge in [-0.2, -0.15) is 9.97 Å². The standard InChI is InChI=1S/C24H34N8O7S/c1-24(2,3)39-23(33)31-12-8-9-15(13-31)40(34,35)30-22-29-28-19(16-10-7-11-17(27-16)36-4)32(22)18-20(37-5)25-14-26-21(18)38-6/h7,10-11,14-15,23,33H,8-9,12-13H2,1-6H3,(H,29,30). The van der Waals surface area contributed by atoms with Crippen LogP contribution in [0.4, 0.5) is 5.95 Å². The molecule has 0 radical (unpaired) electrons. The van der Waals surface area contributed by atoms with E-state index in [1.165, 1.54) is 32.2 Å². The molecular formula is C24H34N8O7S. The summed E-state index contributed by atoms with van der Waals surface area (Å²) in [5.41, 5.74) is -0.119. The fourth-order valence-corrected chi connectivity index (χ4v) is 5.66. The van der Waals surface area contributed by atoms with Crippen molar-refractivity contribution in [1.29, 1.82) is 0 Å². The van der Waals surface area contributed by atoms with Gasteiger partial charge in [0, 0.05) is 19.2 Å². The van der Waals surface area contributed by atoms with Crippen LogP contribution in [0, 0.1) is 0 Å². The molecule has 0 bridgehead atoms. The minimum atomic E-state index is -4.05. The summed E-state index contributed by atoms with van der Waals surface area (Å²) < 4.78 is 53.1. The van der Waals surface area contributed by atoms with Crippen LogP contribution in [0.2, 0.25) is 0 Å². The molecule has 3 aromatic heterocycles. The first kappa shape index (κ1) is 29.4. The van der Waals surface area contributed by atoms with Gasteiger partial charge < -0.3 is 24.1 Å². The first-order valence-electron chi connectivity index (χ1n) is 12.5. The number of ether oxygens (including phenoxy) is 4. The number of aliphatic hydroxyl groups excluding tert-OH is 1. The zero-order chi connectivity index (χ0) is 29.1. The molecule has 3 aromatic rings. The molecule has 1 fully saturated rings. The van der Waals surface area contributed by atoms with Crippen molar-refractivity contribution in [2.75, 3.05) is 39.1 Å². The van der Waals surface area contributed by atoms with Gasteiger partial charge in [0.25, 0.3) is 0 Å². The van der Waals surface area contributed by atoms with Crippen molar-refractivity contribution in [3.63, 3.8) is 0 Å². The molecule has 4 rings (SSSR count). The quantitative estimate of drug-likeness (QED) is 0.331. The Morgan fingerprint density at radius 3 is 2.40 bits per heavy atom. The molecule has 1 saturated heterocycles. The Balaban J connectivity index is 1.75. The van der Waals surface area contributed by atoms with Crippen molar-refractivity contribution in [3.8, 4) is 34.8 Å². The lowest BCUT2D eigenvalue weighted by Crippen LogP contribution is -2.50. The molecule has 1 aliphatic heterocycles. The molecule has 218 valence electrons. The van der Waals surface area contributed by atoms with Crippen LogP contribution in [0.25, 0.3) is 17.2 Å². The smallest absolute Gasteiger partial charge is 0.245 e. The van der Waals surface area contributed by atoms with Gasteiger partial charge >= 0.3 is 0 Å². The zero-order valence-electron chi connectivity index (χ0n) is 23.2. The SMILES string of the molecule is COc1cccc(-c2nnc(NS(=O)(=O)C3CCCN(C(O)OC(C)(C)C)C3)n2-c2c(OC)ncnc2OC)n1. The van der Waals surface area contributed by atoms with E-state index < -0.39 is 27.3 Å². The molecule has 2 unspecified atom stereocenters. The number of piperidine rings is 1. The second-order valence-corrected chi connectivity index (χ2v) is 11.9. The number of hydrogen-bond acceptors (Lipinski definition) is 13. The van der Waals surface area contributed by atoms with Crippen molar-refractivity contribution in [2.24, 2.45) is 0 Å². The molecule has 0 saturated carbocycles. The van der Waals surface area contributed by atoms with Gasteiger partial charge in [0.15, 0.2) is 11.5 Å². The van der Waals surface area contributed by atoms with Crippen LogP contribution >= 0.6 is 0 Å². The maximum absolute atomic E-state index is 13.7. The Labute approximate surface area is 232 Å². The van der Waals surface area contributed by atoms with E-state index in [4.69, 9.17) is 18.9 Å². The molecule has 0 aliphatic carbocycles.